The number of carboxylic acids is 1. The number of halogens is 1. The summed E-state index contributed by atoms with van der Waals surface area (Å²) in [5, 5.41) is 9.10. The predicted molar refractivity (Wildman–Crippen MR) is 51.8 cm³/mol. The molecule has 0 spiro atoms. The summed E-state index contributed by atoms with van der Waals surface area (Å²) in [5.74, 6) is -0.254. The van der Waals surface area contributed by atoms with Gasteiger partial charge < -0.3 is 9.67 Å². The molecule has 0 radical (unpaired) electrons. The van der Waals surface area contributed by atoms with Crippen LogP contribution in [0.4, 0.5) is 0 Å². The molecule has 2 heterocycles. The number of hydrogen-bond acceptors (Lipinski definition) is 2. The first-order valence-electron chi connectivity index (χ1n) is 4.61. The number of hydrogen-bond donors (Lipinski definition) is 1. The van der Waals surface area contributed by atoms with Gasteiger partial charge in [0.2, 0.25) is 0 Å². The number of aromatic nitrogens is 2. The lowest BCUT2D eigenvalue weighted by molar-refractivity contribution is 0.0691. The molecule has 0 aromatic carbocycles. The summed E-state index contributed by atoms with van der Waals surface area (Å²) in [6, 6.07) is 0.256. The second-order valence-electron chi connectivity index (χ2n) is 3.58. The van der Waals surface area contributed by atoms with Crippen molar-refractivity contribution < 1.29 is 9.90 Å². The number of carboxylic acid groups (broad SMARTS) is 1. The smallest absolute Gasteiger partial charge is 0.357 e. The van der Waals surface area contributed by atoms with E-state index in [0.29, 0.717) is 0 Å². The number of aryl methyl sites for hydroxylation is 1. The SMILES string of the molecule is CC1CCCc2nc(C(=O)O)c(Cl)n21. The molecule has 4 nitrogen and oxygen atoms in total. The number of aromatic carboxylic acids is 1. The van der Waals surface area contributed by atoms with Crippen LogP contribution in [-0.4, -0.2) is 20.6 Å². The molecule has 1 aliphatic rings. The fourth-order valence-corrected chi connectivity index (χ4v) is 2.29. The van der Waals surface area contributed by atoms with E-state index in [9.17, 15) is 4.79 Å². The summed E-state index contributed by atoms with van der Waals surface area (Å²) >= 11 is 5.95. The van der Waals surface area contributed by atoms with Crippen molar-refractivity contribution in [2.45, 2.75) is 32.2 Å². The summed E-state index contributed by atoms with van der Waals surface area (Å²) in [7, 11) is 0. The summed E-state index contributed by atoms with van der Waals surface area (Å²) in [5.41, 5.74) is -0.0181. The molecular weight excluding hydrogens is 204 g/mol. The van der Waals surface area contributed by atoms with E-state index in [-0.39, 0.29) is 16.9 Å². The highest BCUT2D eigenvalue weighted by Gasteiger charge is 2.25. The molecule has 1 atom stereocenters. The lowest BCUT2D eigenvalue weighted by atomic mass is 10.1. The Kier molecular flexibility index (Phi) is 2.23. The van der Waals surface area contributed by atoms with E-state index < -0.39 is 5.97 Å². The summed E-state index contributed by atoms with van der Waals surface area (Å²) < 4.78 is 1.83. The maximum absolute atomic E-state index is 10.8. The summed E-state index contributed by atoms with van der Waals surface area (Å²) in [6.45, 7) is 2.03. The second kappa shape index (κ2) is 3.28. The van der Waals surface area contributed by atoms with Gasteiger partial charge >= 0.3 is 5.97 Å². The first-order chi connectivity index (χ1) is 6.61. The molecule has 0 saturated heterocycles. The van der Waals surface area contributed by atoms with Crippen LogP contribution in [0.15, 0.2) is 0 Å². The molecule has 0 amide bonds. The highest BCUT2D eigenvalue weighted by molar-refractivity contribution is 6.32. The second-order valence-corrected chi connectivity index (χ2v) is 3.94. The van der Waals surface area contributed by atoms with Crippen molar-refractivity contribution in [1.29, 1.82) is 0 Å². The Hall–Kier alpha value is -1.03. The van der Waals surface area contributed by atoms with E-state index in [2.05, 4.69) is 4.98 Å². The zero-order chi connectivity index (χ0) is 10.3. The maximum Gasteiger partial charge on any atom is 0.357 e. The highest BCUT2D eigenvalue weighted by Crippen LogP contribution is 2.30. The van der Waals surface area contributed by atoms with Crippen molar-refractivity contribution in [1.82, 2.24) is 9.55 Å². The predicted octanol–water partition coefficient (Wildman–Crippen LogP) is 2.13. The fourth-order valence-electron chi connectivity index (χ4n) is 1.90. The highest BCUT2D eigenvalue weighted by atomic mass is 35.5. The molecule has 1 N–H and O–H groups in total. The van der Waals surface area contributed by atoms with Gasteiger partial charge in [0.15, 0.2) is 5.69 Å². The van der Waals surface area contributed by atoms with Crippen LogP contribution in [0.3, 0.4) is 0 Å². The molecule has 0 bridgehead atoms. The molecule has 1 unspecified atom stereocenters. The molecule has 14 heavy (non-hydrogen) atoms. The Morgan fingerprint density at radius 1 is 1.71 bits per heavy atom. The Labute approximate surface area is 86.5 Å². The van der Waals surface area contributed by atoms with Gasteiger partial charge in [-0.05, 0) is 19.8 Å². The Morgan fingerprint density at radius 3 is 3.00 bits per heavy atom. The molecule has 0 saturated carbocycles. The Bertz CT molecular complexity index is 386. The van der Waals surface area contributed by atoms with Gasteiger partial charge in [0, 0.05) is 12.5 Å². The Balaban J connectivity index is 2.55. The first-order valence-corrected chi connectivity index (χ1v) is 4.99. The van der Waals surface area contributed by atoms with Crippen molar-refractivity contribution in [3.05, 3.63) is 16.7 Å². The van der Waals surface area contributed by atoms with Crippen LogP contribution in [0.2, 0.25) is 5.15 Å². The van der Waals surface area contributed by atoms with Gasteiger partial charge in [0.05, 0.1) is 0 Å². The fraction of sp³-hybridized carbons (Fsp3) is 0.556. The minimum absolute atomic E-state index is 0.0181. The third kappa shape index (κ3) is 1.30. The topological polar surface area (TPSA) is 55.1 Å². The molecule has 2 rings (SSSR count). The van der Waals surface area contributed by atoms with Gasteiger partial charge in [-0.2, -0.15) is 0 Å². The van der Waals surface area contributed by atoms with Crippen LogP contribution < -0.4 is 0 Å². The van der Waals surface area contributed by atoms with E-state index in [1.807, 2.05) is 11.5 Å². The monoisotopic (exact) mass is 214 g/mol. The van der Waals surface area contributed by atoms with Crippen molar-refractivity contribution in [3.63, 3.8) is 0 Å². The van der Waals surface area contributed by atoms with Gasteiger partial charge in [-0.25, -0.2) is 9.78 Å². The standard InChI is InChI=1S/C9H11ClN2O2/c1-5-3-2-4-6-11-7(9(13)14)8(10)12(5)6/h5H,2-4H2,1H3,(H,13,14). The minimum Gasteiger partial charge on any atom is -0.476 e. The van der Waals surface area contributed by atoms with Gasteiger partial charge in [0.1, 0.15) is 11.0 Å². The van der Waals surface area contributed by atoms with Crippen molar-refractivity contribution in [2.75, 3.05) is 0 Å². The Morgan fingerprint density at radius 2 is 2.43 bits per heavy atom. The largest absolute Gasteiger partial charge is 0.476 e. The summed E-state index contributed by atoms with van der Waals surface area (Å²) in [6.07, 6.45) is 2.90. The third-order valence-electron chi connectivity index (χ3n) is 2.59. The molecule has 5 heteroatoms. The number of nitrogens with zero attached hydrogens (tertiary/aromatic N) is 2. The van der Waals surface area contributed by atoms with E-state index in [1.165, 1.54) is 0 Å². The van der Waals surface area contributed by atoms with Crippen molar-refractivity contribution >= 4 is 17.6 Å². The van der Waals surface area contributed by atoms with Crippen LogP contribution in [0.25, 0.3) is 0 Å². The lowest BCUT2D eigenvalue weighted by Crippen LogP contribution is -2.15. The molecule has 0 aliphatic carbocycles. The molecule has 76 valence electrons. The van der Waals surface area contributed by atoms with Crippen molar-refractivity contribution in [2.24, 2.45) is 0 Å². The van der Waals surface area contributed by atoms with Gasteiger partial charge in [0.25, 0.3) is 0 Å². The quantitative estimate of drug-likeness (QED) is 0.779. The van der Waals surface area contributed by atoms with Crippen molar-refractivity contribution in [3.8, 4) is 0 Å². The summed E-state index contributed by atoms with van der Waals surface area (Å²) in [4.78, 5) is 14.8. The molecule has 1 aromatic heterocycles. The van der Waals surface area contributed by atoms with Crippen LogP contribution in [0.5, 0.6) is 0 Å². The number of imidazole rings is 1. The van der Waals surface area contributed by atoms with Crippen LogP contribution in [0.1, 0.15) is 42.1 Å². The van der Waals surface area contributed by atoms with Crippen LogP contribution >= 0.6 is 11.6 Å². The average molecular weight is 215 g/mol. The van der Waals surface area contributed by atoms with E-state index >= 15 is 0 Å². The first kappa shape index (κ1) is 9.52. The zero-order valence-corrected chi connectivity index (χ0v) is 8.58. The molecular formula is C9H11ClN2O2. The average Bonchev–Trinajstić information content (AvgIpc) is 2.45. The zero-order valence-electron chi connectivity index (χ0n) is 7.83. The molecule has 1 aromatic rings. The maximum atomic E-state index is 10.8. The number of carbonyl (C=O) groups is 1. The molecule has 1 aliphatic heterocycles. The van der Waals surface area contributed by atoms with Gasteiger partial charge in [-0.3, -0.25) is 0 Å². The number of fused-ring (bicyclic) bond motifs is 1. The number of rotatable bonds is 1. The van der Waals surface area contributed by atoms with E-state index in [0.717, 1.165) is 25.1 Å². The minimum atomic E-state index is -1.05. The van der Waals surface area contributed by atoms with Gasteiger partial charge in [-0.15, -0.1) is 0 Å². The lowest BCUT2D eigenvalue weighted by Gasteiger charge is -2.21. The van der Waals surface area contributed by atoms with Crippen LogP contribution in [-0.2, 0) is 6.42 Å². The third-order valence-corrected chi connectivity index (χ3v) is 2.95. The van der Waals surface area contributed by atoms with E-state index in [1.54, 1.807) is 0 Å². The van der Waals surface area contributed by atoms with Crippen LogP contribution in [0, 0.1) is 0 Å². The molecule has 0 fully saturated rings. The normalized spacial score (nSPS) is 20.6. The van der Waals surface area contributed by atoms with Gasteiger partial charge in [-0.1, -0.05) is 11.6 Å². The van der Waals surface area contributed by atoms with E-state index in [4.69, 9.17) is 16.7 Å².